The van der Waals surface area contributed by atoms with Gasteiger partial charge in [0.1, 0.15) is 34.3 Å². The SMILES string of the molecule is C#Cc1c(F)ccc2cc(O)cc(-c3nc(OC)c4c(=O)[nH]c(OC)nc4c3F)c12.FC1CC2CCCN2C1. The Labute approximate surface area is 221 Å². The third-order valence-electron chi connectivity index (χ3n) is 7.04. The molecule has 2 aliphatic heterocycles. The summed E-state index contributed by atoms with van der Waals surface area (Å²) in [6.45, 7) is 1.86. The maximum Gasteiger partial charge on any atom is 0.296 e. The zero-order chi connectivity index (χ0) is 27.8. The first-order valence-corrected chi connectivity index (χ1v) is 12.3. The van der Waals surface area contributed by atoms with Crippen molar-refractivity contribution in [1.29, 1.82) is 0 Å². The van der Waals surface area contributed by atoms with Crippen molar-refractivity contribution < 1.29 is 27.8 Å². The summed E-state index contributed by atoms with van der Waals surface area (Å²) in [6.07, 6.45) is 8.29. The largest absolute Gasteiger partial charge is 0.508 e. The number of alkyl halides is 1. The minimum atomic E-state index is -0.991. The van der Waals surface area contributed by atoms with Gasteiger partial charge in [0, 0.05) is 23.5 Å². The fraction of sp³-hybridized carbons (Fsp3) is 0.321. The second kappa shape index (κ2) is 10.5. The fourth-order valence-corrected chi connectivity index (χ4v) is 5.33. The highest BCUT2D eigenvalue weighted by molar-refractivity contribution is 6.02. The lowest BCUT2D eigenvalue weighted by molar-refractivity contribution is 0.292. The Bertz CT molecular complexity index is 1670. The van der Waals surface area contributed by atoms with Crippen molar-refractivity contribution in [3.8, 4) is 41.2 Å². The van der Waals surface area contributed by atoms with Crippen molar-refractivity contribution in [2.75, 3.05) is 27.3 Å². The number of aromatic hydroxyl groups is 1. The Balaban J connectivity index is 0.000000287. The van der Waals surface area contributed by atoms with Crippen molar-refractivity contribution >= 4 is 21.7 Å². The van der Waals surface area contributed by atoms with Gasteiger partial charge >= 0.3 is 0 Å². The minimum absolute atomic E-state index is 0.0104. The molecule has 2 atom stereocenters. The second-order valence-corrected chi connectivity index (χ2v) is 9.36. The number of pyridine rings is 1. The summed E-state index contributed by atoms with van der Waals surface area (Å²) >= 11 is 0. The van der Waals surface area contributed by atoms with Crippen molar-refractivity contribution in [3.63, 3.8) is 0 Å². The van der Waals surface area contributed by atoms with Crippen LogP contribution in [0.2, 0.25) is 0 Å². The molecular weight excluding hydrogens is 513 g/mol. The van der Waals surface area contributed by atoms with Crippen LogP contribution in [0.4, 0.5) is 13.2 Å². The lowest BCUT2D eigenvalue weighted by Crippen LogP contribution is -2.22. The van der Waals surface area contributed by atoms with Crippen molar-refractivity contribution in [2.45, 2.75) is 31.5 Å². The van der Waals surface area contributed by atoms with Gasteiger partial charge < -0.3 is 14.6 Å². The Morgan fingerprint density at radius 3 is 2.67 bits per heavy atom. The Hall–Kier alpha value is -4.30. The molecule has 2 saturated heterocycles. The van der Waals surface area contributed by atoms with Gasteiger partial charge in [-0.15, -0.1) is 6.42 Å². The summed E-state index contributed by atoms with van der Waals surface area (Å²) in [5.74, 6) is 0.134. The predicted molar refractivity (Wildman–Crippen MR) is 140 cm³/mol. The van der Waals surface area contributed by atoms with E-state index >= 15 is 4.39 Å². The molecule has 0 radical (unpaired) electrons. The van der Waals surface area contributed by atoms with E-state index in [0.717, 1.165) is 19.0 Å². The molecule has 4 heterocycles. The summed E-state index contributed by atoms with van der Waals surface area (Å²) in [4.78, 5) is 25.1. The average molecular weight is 539 g/mol. The van der Waals surface area contributed by atoms with Gasteiger partial charge in [-0.05, 0) is 49.4 Å². The number of phenols is 1. The van der Waals surface area contributed by atoms with Crippen LogP contribution in [0, 0.1) is 24.0 Å². The van der Waals surface area contributed by atoms with Crippen molar-refractivity contribution in [3.05, 3.63) is 51.8 Å². The number of ether oxygens (including phenoxy) is 2. The number of nitrogens with one attached hydrogen (secondary N) is 1. The highest BCUT2D eigenvalue weighted by atomic mass is 19.1. The molecule has 0 spiro atoms. The normalized spacial score (nSPS) is 18.5. The molecule has 2 fully saturated rings. The van der Waals surface area contributed by atoms with Gasteiger partial charge in [-0.25, -0.2) is 18.2 Å². The number of methoxy groups -OCH3 is 2. The van der Waals surface area contributed by atoms with Crippen molar-refractivity contribution in [2.24, 2.45) is 0 Å². The van der Waals surface area contributed by atoms with E-state index in [4.69, 9.17) is 15.9 Å². The smallest absolute Gasteiger partial charge is 0.296 e. The molecule has 39 heavy (non-hydrogen) atoms. The number of nitrogens with zero attached hydrogens (tertiary/aromatic N) is 3. The van der Waals surface area contributed by atoms with E-state index in [1.807, 2.05) is 0 Å². The molecule has 202 valence electrons. The van der Waals surface area contributed by atoms with Crippen LogP contribution in [0.3, 0.4) is 0 Å². The van der Waals surface area contributed by atoms with Crippen LogP contribution in [0.1, 0.15) is 24.8 Å². The van der Waals surface area contributed by atoms with Crippen LogP contribution >= 0.6 is 0 Å². The number of aromatic nitrogens is 3. The third kappa shape index (κ3) is 4.72. The van der Waals surface area contributed by atoms with Crippen LogP contribution in [0.25, 0.3) is 32.9 Å². The van der Waals surface area contributed by atoms with E-state index in [1.54, 1.807) is 0 Å². The van der Waals surface area contributed by atoms with E-state index in [0.29, 0.717) is 18.0 Å². The second-order valence-electron chi connectivity index (χ2n) is 9.36. The zero-order valence-electron chi connectivity index (χ0n) is 21.2. The summed E-state index contributed by atoms with van der Waals surface area (Å²) in [6, 6.07) is 5.50. The third-order valence-corrected chi connectivity index (χ3v) is 7.04. The molecule has 0 saturated carbocycles. The van der Waals surface area contributed by atoms with Crippen LogP contribution < -0.4 is 15.0 Å². The molecule has 0 aliphatic carbocycles. The van der Waals surface area contributed by atoms with E-state index in [1.165, 1.54) is 45.3 Å². The standard InChI is InChI=1S/C21H13F2N3O4.C7H12FN/c1-4-11-13(22)6-5-9-7-10(27)8-12(14(9)11)17-16(23)18-15(20(24-17)29-2)19(28)26-21(25-18)30-3;8-6-4-7-2-1-3-9(7)5-6/h1,5-8,27H,2-3H3,(H,25,26,28);6-7H,1-5H2. The molecule has 6 rings (SSSR count). The van der Waals surface area contributed by atoms with Gasteiger partial charge in [0.05, 0.1) is 19.8 Å². The first-order chi connectivity index (χ1) is 18.7. The number of benzene rings is 2. The number of terminal acetylenes is 1. The van der Waals surface area contributed by atoms with Gasteiger partial charge in [-0.2, -0.15) is 4.98 Å². The number of aromatic amines is 1. The molecule has 2 N–H and O–H groups in total. The van der Waals surface area contributed by atoms with Crippen molar-refractivity contribution in [1.82, 2.24) is 19.9 Å². The first-order valence-electron chi connectivity index (χ1n) is 12.3. The Morgan fingerprint density at radius 1 is 1.18 bits per heavy atom. The average Bonchev–Trinajstić information content (AvgIpc) is 3.50. The van der Waals surface area contributed by atoms with Crippen LogP contribution in [0.5, 0.6) is 17.6 Å². The van der Waals surface area contributed by atoms with Gasteiger partial charge in [0.2, 0.25) is 5.88 Å². The summed E-state index contributed by atoms with van der Waals surface area (Å²) in [5, 5.41) is 10.5. The number of hydrogen-bond donors (Lipinski definition) is 2. The molecular formula is C28H25F3N4O4. The van der Waals surface area contributed by atoms with E-state index in [-0.39, 0.29) is 50.7 Å². The van der Waals surface area contributed by atoms with Crippen LogP contribution in [-0.2, 0) is 0 Å². The van der Waals surface area contributed by atoms with E-state index < -0.39 is 23.4 Å². The number of H-pyrrole nitrogens is 1. The molecule has 2 unspecified atom stereocenters. The molecule has 8 nitrogen and oxygen atoms in total. The first kappa shape index (κ1) is 26.3. The molecule has 2 aromatic heterocycles. The number of fused-ring (bicyclic) bond motifs is 3. The number of halogens is 3. The van der Waals surface area contributed by atoms with Crippen LogP contribution in [-0.4, -0.2) is 64.5 Å². The highest BCUT2D eigenvalue weighted by Crippen LogP contribution is 2.38. The minimum Gasteiger partial charge on any atom is -0.508 e. The molecule has 11 heteroatoms. The van der Waals surface area contributed by atoms with Crippen LogP contribution in [0.15, 0.2) is 29.1 Å². The number of rotatable bonds is 3. The lowest BCUT2D eigenvalue weighted by atomic mass is 9.96. The lowest BCUT2D eigenvalue weighted by Gasteiger charge is -2.14. The maximum atomic E-state index is 15.5. The van der Waals surface area contributed by atoms with Gasteiger partial charge in [-0.1, -0.05) is 12.0 Å². The van der Waals surface area contributed by atoms with Gasteiger partial charge in [-0.3, -0.25) is 14.7 Å². The fourth-order valence-electron chi connectivity index (χ4n) is 5.33. The molecule has 4 aromatic rings. The molecule has 2 aromatic carbocycles. The Kier molecular flexibility index (Phi) is 7.06. The Morgan fingerprint density at radius 2 is 1.97 bits per heavy atom. The summed E-state index contributed by atoms with van der Waals surface area (Å²) in [5.41, 5.74) is -1.53. The quantitative estimate of drug-likeness (QED) is 0.375. The molecule has 0 bridgehead atoms. The van der Waals surface area contributed by atoms with E-state index in [9.17, 15) is 18.7 Å². The molecule has 0 amide bonds. The van der Waals surface area contributed by atoms with E-state index in [2.05, 4.69) is 25.8 Å². The predicted octanol–water partition coefficient (Wildman–Crippen LogP) is 4.31. The molecule has 2 aliphatic rings. The summed E-state index contributed by atoms with van der Waals surface area (Å²) < 4.78 is 52.6. The topological polar surface area (TPSA) is 101 Å². The highest BCUT2D eigenvalue weighted by Gasteiger charge is 2.34. The number of phenolic OH excluding ortho intramolecular Hbond substituents is 1. The summed E-state index contributed by atoms with van der Waals surface area (Å²) in [7, 11) is 2.51. The maximum absolute atomic E-state index is 15.5. The van der Waals surface area contributed by atoms with Gasteiger partial charge in [0.15, 0.2) is 5.82 Å². The zero-order valence-corrected chi connectivity index (χ0v) is 21.2. The van der Waals surface area contributed by atoms with Gasteiger partial charge in [0.25, 0.3) is 11.6 Å². The monoisotopic (exact) mass is 538 g/mol. The number of hydrogen-bond acceptors (Lipinski definition) is 7.